The van der Waals surface area contributed by atoms with Crippen LogP contribution < -0.4 is 10.6 Å². The molecule has 0 aliphatic rings. The van der Waals surface area contributed by atoms with Crippen LogP contribution in [0.5, 0.6) is 0 Å². The molecule has 0 aliphatic carbocycles. The zero-order valence-electron chi connectivity index (χ0n) is 13.2. The van der Waals surface area contributed by atoms with Crippen LogP contribution >= 0.6 is 11.3 Å². The van der Waals surface area contributed by atoms with Crippen molar-refractivity contribution in [1.82, 2.24) is 15.6 Å². The molecule has 1 amide bonds. The average Bonchev–Trinajstić information content (AvgIpc) is 2.95. The number of hydrogen-bond acceptors (Lipinski definition) is 4. The van der Waals surface area contributed by atoms with Crippen LogP contribution in [0.1, 0.15) is 24.6 Å². The van der Waals surface area contributed by atoms with Gasteiger partial charge in [0.25, 0.3) is 0 Å². The van der Waals surface area contributed by atoms with E-state index in [-0.39, 0.29) is 5.91 Å². The molecule has 4 nitrogen and oxygen atoms in total. The Morgan fingerprint density at radius 3 is 2.91 bits per heavy atom. The third-order valence-corrected chi connectivity index (χ3v) is 4.15. The van der Waals surface area contributed by atoms with Crippen molar-refractivity contribution in [3.63, 3.8) is 0 Å². The molecule has 2 rings (SSSR count). The van der Waals surface area contributed by atoms with E-state index in [1.807, 2.05) is 11.4 Å². The van der Waals surface area contributed by atoms with Crippen LogP contribution in [0.3, 0.4) is 0 Å². The summed E-state index contributed by atoms with van der Waals surface area (Å²) in [6.45, 7) is 6.65. The third-order valence-electron chi connectivity index (χ3n) is 3.21. The van der Waals surface area contributed by atoms with Crippen LogP contribution in [0.15, 0.2) is 29.6 Å². The normalized spacial score (nSPS) is 10.6. The Kier molecular flexibility index (Phi) is 6.55. The maximum Gasteiger partial charge on any atom is 0.226 e. The number of amides is 1. The molecule has 0 unspecified atom stereocenters. The SMILES string of the molecule is CCCNCCNC(=O)Cc1csc(-c2cccc(C)c2)n1. The van der Waals surface area contributed by atoms with E-state index in [9.17, 15) is 4.79 Å². The molecule has 0 fully saturated rings. The second-order valence-electron chi connectivity index (χ2n) is 5.29. The number of nitrogens with zero attached hydrogens (tertiary/aromatic N) is 1. The fraction of sp³-hybridized carbons (Fsp3) is 0.412. The van der Waals surface area contributed by atoms with E-state index in [0.29, 0.717) is 13.0 Å². The van der Waals surface area contributed by atoms with Crippen molar-refractivity contribution in [2.45, 2.75) is 26.7 Å². The molecule has 0 radical (unpaired) electrons. The molecule has 0 bridgehead atoms. The number of carbonyl (C=O) groups excluding carboxylic acids is 1. The van der Waals surface area contributed by atoms with Crippen LogP contribution in [-0.4, -0.2) is 30.5 Å². The highest BCUT2D eigenvalue weighted by Crippen LogP contribution is 2.24. The molecular formula is C17H23N3OS. The average molecular weight is 317 g/mol. The zero-order valence-corrected chi connectivity index (χ0v) is 14.0. The molecule has 118 valence electrons. The number of aromatic nitrogens is 1. The molecular weight excluding hydrogens is 294 g/mol. The Balaban J connectivity index is 1.83. The van der Waals surface area contributed by atoms with Crippen molar-refractivity contribution in [1.29, 1.82) is 0 Å². The minimum Gasteiger partial charge on any atom is -0.354 e. The van der Waals surface area contributed by atoms with E-state index < -0.39 is 0 Å². The van der Waals surface area contributed by atoms with Crippen molar-refractivity contribution in [3.05, 3.63) is 40.9 Å². The zero-order chi connectivity index (χ0) is 15.8. The van der Waals surface area contributed by atoms with Crippen molar-refractivity contribution >= 4 is 17.2 Å². The summed E-state index contributed by atoms with van der Waals surface area (Å²) >= 11 is 1.58. The van der Waals surface area contributed by atoms with Gasteiger partial charge in [-0.25, -0.2) is 4.98 Å². The first-order chi connectivity index (χ1) is 10.7. The van der Waals surface area contributed by atoms with Crippen LogP contribution in [-0.2, 0) is 11.2 Å². The van der Waals surface area contributed by atoms with Crippen molar-refractivity contribution in [2.75, 3.05) is 19.6 Å². The van der Waals surface area contributed by atoms with Gasteiger partial charge < -0.3 is 10.6 Å². The lowest BCUT2D eigenvalue weighted by atomic mass is 10.1. The fourth-order valence-electron chi connectivity index (χ4n) is 2.12. The molecule has 0 aliphatic heterocycles. The number of thiazole rings is 1. The van der Waals surface area contributed by atoms with Gasteiger partial charge in [0.1, 0.15) is 5.01 Å². The van der Waals surface area contributed by atoms with E-state index in [2.05, 4.69) is 47.7 Å². The second-order valence-corrected chi connectivity index (χ2v) is 6.15. The standard InChI is InChI=1S/C17H23N3OS/c1-3-7-18-8-9-19-16(21)11-15-12-22-17(20-15)14-6-4-5-13(2)10-14/h4-6,10,12,18H,3,7-9,11H2,1-2H3,(H,19,21). The highest BCUT2D eigenvalue weighted by molar-refractivity contribution is 7.13. The van der Waals surface area contributed by atoms with Gasteiger partial charge in [-0.05, 0) is 26.0 Å². The Bertz CT molecular complexity index is 609. The van der Waals surface area contributed by atoms with Gasteiger partial charge in [0.2, 0.25) is 5.91 Å². The number of benzene rings is 1. The lowest BCUT2D eigenvalue weighted by Gasteiger charge is -2.05. The highest BCUT2D eigenvalue weighted by Gasteiger charge is 2.08. The van der Waals surface area contributed by atoms with Crippen molar-refractivity contribution < 1.29 is 4.79 Å². The van der Waals surface area contributed by atoms with Crippen LogP contribution in [0.4, 0.5) is 0 Å². The van der Waals surface area contributed by atoms with Crippen molar-refractivity contribution in [3.8, 4) is 10.6 Å². The Labute approximate surface area is 136 Å². The predicted molar refractivity (Wildman–Crippen MR) is 92.2 cm³/mol. The summed E-state index contributed by atoms with van der Waals surface area (Å²) in [7, 11) is 0. The van der Waals surface area contributed by atoms with Crippen LogP contribution in [0.25, 0.3) is 10.6 Å². The van der Waals surface area contributed by atoms with Gasteiger partial charge in [0, 0.05) is 24.0 Å². The Hall–Kier alpha value is -1.72. The first-order valence-corrected chi connectivity index (χ1v) is 8.56. The number of hydrogen-bond donors (Lipinski definition) is 2. The number of aryl methyl sites for hydroxylation is 1. The molecule has 0 saturated carbocycles. The molecule has 1 aromatic carbocycles. The van der Waals surface area contributed by atoms with E-state index in [1.165, 1.54) is 5.56 Å². The van der Waals surface area contributed by atoms with Crippen LogP contribution in [0, 0.1) is 6.92 Å². The van der Waals surface area contributed by atoms with Gasteiger partial charge in [-0.2, -0.15) is 0 Å². The summed E-state index contributed by atoms with van der Waals surface area (Å²) < 4.78 is 0. The molecule has 1 heterocycles. The topological polar surface area (TPSA) is 54.0 Å². The number of carbonyl (C=O) groups is 1. The van der Waals surface area contributed by atoms with E-state index in [1.54, 1.807) is 11.3 Å². The monoisotopic (exact) mass is 317 g/mol. The van der Waals surface area contributed by atoms with Crippen molar-refractivity contribution in [2.24, 2.45) is 0 Å². The quantitative estimate of drug-likeness (QED) is 0.736. The van der Waals surface area contributed by atoms with Gasteiger partial charge in [-0.15, -0.1) is 11.3 Å². The fourth-order valence-corrected chi connectivity index (χ4v) is 2.93. The summed E-state index contributed by atoms with van der Waals surface area (Å²) in [4.78, 5) is 16.4. The van der Waals surface area contributed by atoms with Gasteiger partial charge >= 0.3 is 0 Å². The summed E-state index contributed by atoms with van der Waals surface area (Å²) in [6, 6.07) is 8.26. The summed E-state index contributed by atoms with van der Waals surface area (Å²) in [5.74, 6) is 0.0272. The molecule has 0 saturated heterocycles. The van der Waals surface area contributed by atoms with Gasteiger partial charge in [0.05, 0.1) is 12.1 Å². The van der Waals surface area contributed by atoms with Gasteiger partial charge in [0.15, 0.2) is 0 Å². The first kappa shape index (κ1) is 16.6. The Morgan fingerprint density at radius 1 is 1.27 bits per heavy atom. The highest BCUT2D eigenvalue weighted by atomic mass is 32.1. The first-order valence-electron chi connectivity index (χ1n) is 7.68. The summed E-state index contributed by atoms with van der Waals surface area (Å²) in [6.07, 6.45) is 1.45. The molecule has 0 spiro atoms. The molecule has 0 atom stereocenters. The molecule has 1 aromatic heterocycles. The molecule has 2 N–H and O–H groups in total. The maximum atomic E-state index is 11.9. The maximum absolute atomic E-state index is 11.9. The lowest BCUT2D eigenvalue weighted by Crippen LogP contribution is -2.33. The predicted octanol–water partition coefficient (Wildman–Crippen LogP) is 2.78. The molecule has 2 aromatic rings. The smallest absolute Gasteiger partial charge is 0.226 e. The molecule has 22 heavy (non-hydrogen) atoms. The summed E-state index contributed by atoms with van der Waals surface area (Å²) in [5, 5.41) is 9.10. The van der Waals surface area contributed by atoms with E-state index in [0.717, 1.165) is 35.8 Å². The third kappa shape index (κ3) is 5.24. The number of rotatable bonds is 8. The minimum absolute atomic E-state index is 0.0272. The molecule has 5 heteroatoms. The Morgan fingerprint density at radius 2 is 2.14 bits per heavy atom. The van der Waals surface area contributed by atoms with E-state index in [4.69, 9.17) is 0 Å². The van der Waals surface area contributed by atoms with E-state index >= 15 is 0 Å². The largest absolute Gasteiger partial charge is 0.354 e. The van der Waals surface area contributed by atoms with Gasteiger partial charge in [-0.3, -0.25) is 4.79 Å². The minimum atomic E-state index is 0.0272. The second kappa shape index (κ2) is 8.66. The van der Waals surface area contributed by atoms with Gasteiger partial charge in [-0.1, -0.05) is 30.7 Å². The van der Waals surface area contributed by atoms with Crippen LogP contribution in [0.2, 0.25) is 0 Å². The lowest BCUT2D eigenvalue weighted by molar-refractivity contribution is -0.120. The number of nitrogens with one attached hydrogen (secondary N) is 2. The summed E-state index contributed by atoms with van der Waals surface area (Å²) in [5.41, 5.74) is 3.16.